The summed E-state index contributed by atoms with van der Waals surface area (Å²) in [6, 6.07) is 2.60. The molecule has 8 heteroatoms. The fraction of sp³-hybridized carbons (Fsp3) is 0.417. The van der Waals surface area contributed by atoms with Crippen LogP contribution in [0, 0.1) is 0 Å². The minimum atomic E-state index is -3.65. The van der Waals surface area contributed by atoms with Crippen LogP contribution in [0.25, 0.3) is 11.1 Å². The normalized spacial score (nSPS) is 17.0. The minimum Gasteiger partial charge on any atom is -0.408 e. The number of nitrogens with two attached hydrogens (primary N) is 1. The Hall–Kier alpha value is -1.80. The molecule has 1 saturated carbocycles. The number of sulfonamides is 1. The maximum atomic E-state index is 12.3. The predicted molar refractivity (Wildman–Crippen MR) is 73.8 cm³/mol. The van der Waals surface area contributed by atoms with Crippen molar-refractivity contribution in [3.05, 3.63) is 22.7 Å². The second-order valence-corrected chi connectivity index (χ2v) is 6.72. The van der Waals surface area contributed by atoms with Crippen molar-refractivity contribution < 1.29 is 12.8 Å². The summed E-state index contributed by atoms with van der Waals surface area (Å²) < 4.78 is 32.1. The Morgan fingerprint density at radius 3 is 2.70 bits per heavy atom. The average molecular weight is 297 g/mol. The van der Waals surface area contributed by atoms with Crippen LogP contribution < -0.4 is 16.2 Å². The van der Waals surface area contributed by atoms with Crippen molar-refractivity contribution >= 4 is 26.8 Å². The first-order chi connectivity index (χ1) is 9.45. The van der Waals surface area contributed by atoms with Crippen molar-refractivity contribution in [2.75, 3.05) is 5.73 Å². The van der Waals surface area contributed by atoms with Crippen molar-refractivity contribution in [1.29, 1.82) is 0 Å². The van der Waals surface area contributed by atoms with E-state index in [1.807, 2.05) is 0 Å². The van der Waals surface area contributed by atoms with E-state index in [-0.39, 0.29) is 22.2 Å². The number of oxazole rings is 1. The molecule has 1 aromatic carbocycles. The highest BCUT2D eigenvalue weighted by molar-refractivity contribution is 7.89. The lowest BCUT2D eigenvalue weighted by Crippen LogP contribution is -2.32. The summed E-state index contributed by atoms with van der Waals surface area (Å²) >= 11 is 0. The molecule has 108 valence electrons. The van der Waals surface area contributed by atoms with Crippen LogP contribution in [0.3, 0.4) is 0 Å². The maximum absolute atomic E-state index is 12.3. The van der Waals surface area contributed by atoms with E-state index < -0.39 is 15.8 Å². The van der Waals surface area contributed by atoms with Gasteiger partial charge in [0, 0.05) is 12.1 Å². The topological polar surface area (TPSA) is 118 Å². The Bertz CT molecular complexity index is 800. The van der Waals surface area contributed by atoms with E-state index in [4.69, 9.17) is 10.2 Å². The molecule has 0 saturated heterocycles. The van der Waals surface area contributed by atoms with Crippen LogP contribution in [0.1, 0.15) is 25.7 Å². The average Bonchev–Trinajstić information content (AvgIpc) is 2.97. The number of benzene rings is 1. The molecule has 0 atom stereocenters. The fourth-order valence-electron chi connectivity index (χ4n) is 2.54. The van der Waals surface area contributed by atoms with E-state index in [0.717, 1.165) is 25.7 Å². The molecule has 2 aromatic rings. The van der Waals surface area contributed by atoms with Crippen molar-refractivity contribution in [3.63, 3.8) is 0 Å². The summed E-state index contributed by atoms with van der Waals surface area (Å²) in [5.74, 6) is -0.662. The summed E-state index contributed by atoms with van der Waals surface area (Å²) in [4.78, 5) is 13.6. The van der Waals surface area contributed by atoms with E-state index in [1.165, 1.54) is 12.1 Å². The first-order valence-corrected chi connectivity index (χ1v) is 7.89. The molecule has 20 heavy (non-hydrogen) atoms. The molecule has 0 aliphatic heterocycles. The largest absolute Gasteiger partial charge is 0.417 e. The van der Waals surface area contributed by atoms with Crippen LogP contribution in [0.2, 0.25) is 0 Å². The van der Waals surface area contributed by atoms with Crippen LogP contribution in [-0.2, 0) is 10.0 Å². The van der Waals surface area contributed by atoms with Gasteiger partial charge in [-0.2, -0.15) is 0 Å². The number of H-pyrrole nitrogens is 1. The summed E-state index contributed by atoms with van der Waals surface area (Å²) in [7, 11) is -3.65. The SMILES string of the molecule is Nc1cc(S(=O)(=O)NC2CCCC2)cc2oc(=O)[nH]c12. The third-order valence-electron chi connectivity index (χ3n) is 3.52. The van der Waals surface area contributed by atoms with E-state index in [2.05, 4.69) is 9.71 Å². The van der Waals surface area contributed by atoms with Gasteiger partial charge in [-0.3, -0.25) is 4.98 Å². The summed E-state index contributed by atoms with van der Waals surface area (Å²) in [6.45, 7) is 0. The lowest BCUT2D eigenvalue weighted by Gasteiger charge is -2.12. The zero-order chi connectivity index (χ0) is 14.3. The highest BCUT2D eigenvalue weighted by atomic mass is 32.2. The molecule has 0 bridgehead atoms. The predicted octanol–water partition coefficient (Wildman–Crippen LogP) is 0.924. The molecule has 1 fully saturated rings. The van der Waals surface area contributed by atoms with Crippen LogP contribution in [0.5, 0.6) is 0 Å². The van der Waals surface area contributed by atoms with Gasteiger partial charge >= 0.3 is 5.76 Å². The second kappa shape index (κ2) is 4.64. The van der Waals surface area contributed by atoms with E-state index in [9.17, 15) is 13.2 Å². The number of aromatic nitrogens is 1. The second-order valence-electron chi connectivity index (χ2n) is 5.00. The van der Waals surface area contributed by atoms with Gasteiger partial charge in [0.2, 0.25) is 10.0 Å². The number of hydrogen-bond acceptors (Lipinski definition) is 5. The van der Waals surface area contributed by atoms with Crippen LogP contribution >= 0.6 is 0 Å². The van der Waals surface area contributed by atoms with Gasteiger partial charge in [-0.05, 0) is 18.9 Å². The third-order valence-corrected chi connectivity index (χ3v) is 5.02. The molecule has 0 spiro atoms. The first-order valence-electron chi connectivity index (χ1n) is 6.40. The maximum Gasteiger partial charge on any atom is 0.417 e. The Morgan fingerprint density at radius 2 is 2.00 bits per heavy atom. The number of anilines is 1. The smallest absolute Gasteiger partial charge is 0.408 e. The van der Waals surface area contributed by atoms with Crippen molar-refractivity contribution in [1.82, 2.24) is 9.71 Å². The van der Waals surface area contributed by atoms with Crippen molar-refractivity contribution in [2.45, 2.75) is 36.6 Å². The molecule has 1 aliphatic carbocycles. The van der Waals surface area contributed by atoms with Gasteiger partial charge in [0.1, 0.15) is 5.52 Å². The minimum absolute atomic E-state index is 0.0112. The van der Waals surface area contributed by atoms with Gasteiger partial charge in [-0.25, -0.2) is 17.9 Å². The van der Waals surface area contributed by atoms with Crippen LogP contribution in [0.4, 0.5) is 5.69 Å². The van der Waals surface area contributed by atoms with Gasteiger partial charge in [-0.15, -0.1) is 0 Å². The zero-order valence-corrected chi connectivity index (χ0v) is 11.5. The molecule has 1 heterocycles. The highest BCUT2D eigenvalue weighted by Gasteiger charge is 2.24. The Labute approximate surface area is 115 Å². The molecule has 0 amide bonds. The summed E-state index contributed by atoms with van der Waals surface area (Å²) in [5, 5.41) is 0. The van der Waals surface area contributed by atoms with Crippen LogP contribution in [-0.4, -0.2) is 19.4 Å². The number of rotatable bonds is 3. The van der Waals surface area contributed by atoms with Gasteiger partial charge in [0.15, 0.2) is 5.58 Å². The Kier molecular flexibility index (Phi) is 3.06. The number of hydrogen-bond donors (Lipinski definition) is 3. The zero-order valence-electron chi connectivity index (χ0n) is 10.7. The molecule has 1 aliphatic rings. The molecule has 0 radical (unpaired) electrons. The molecule has 7 nitrogen and oxygen atoms in total. The van der Waals surface area contributed by atoms with Gasteiger partial charge in [0.25, 0.3) is 0 Å². The quantitative estimate of drug-likeness (QED) is 0.728. The first kappa shape index (κ1) is 13.2. The third kappa shape index (κ3) is 2.32. The molecule has 3 rings (SSSR count). The molecule has 1 aromatic heterocycles. The lowest BCUT2D eigenvalue weighted by molar-refractivity contribution is 0.547. The molecular formula is C12H15N3O4S. The van der Waals surface area contributed by atoms with Gasteiger partial charge < -0.3 is 10.2 Å². The van der Waals surface area contributed by atoms with E-state index in [1.54, 1.807) is 0 Å². The van der Waals surface area contributed by atoms with E-state index >= 15 is 0 Å². The number of nitrogen functional groups attached to an aromatic ring is 1. The van der Waals surface area contributed by atoms with Crippen LogP contribution in [0.15, 0.2) is 26.2 Å². The fourth-order valence-corrected chi connectivity index (χ4v) is 3.89. The van der Waals surface area contributed by atoms with E-state index in [0.29, 0.717) is 5.52 Å². The highest BCUT2D eigenvalue weighted by Crippen LogP contribution is 2.25. The van der Waals surface area contributed by atoms with Gasteiger partial charge in [0.05, 0.1) is 10.6 Å². The number of fused-ring (bicyclic) bond motifs is 1. The van der Waals surface area contributed by atoms with Crippen molar-refractivity contribution in [2.24, 2.45) is 0 Å². The molecule has 4 N–H and O–H groups in total. The standard InChI is InChI=1S/C12H15N3O4S/c13-9-5-8(6-10-11(9)14-12(16)19-10)20(17,18)15-7-3-1-2-4-7/h5-7,15H,1-4,13H2,(H,14,16). The van der Waals surface area contributed by atoms with Gasteiger partial charge in [-0.1, -0.05) is 12.8 Å². The molecule has 0 unspecified atom stereocenters. The Morgan fingerprint density at radius 1 is 1.30 bits per heavy atom. The Balaban J connectivity index is 2.02. The number of aromatic amines is 1. The monoisotopic (exact) mass is 297 g/mol. The summed E-state index contributed by atoms with van der Waals surface area (Å²) in [6.07, 6.45) is 3.74. The lowest BCUT2D eigenvalue weighted by atomic mass is 10.3. The molecular weight excluding hydrogens is 282 g/mol. The number of nitrogens with one attached hydrogen (secondary N) is 2. The summed E-state index contributed by atoms with van der Waals surface area (Å²) in [5.41, 5.74) is 6.37. The van der Waals surface area contributed by atoms with Crippen molar-refractivity contribution in [3.8, 4) is 0 Å².